The van der Waals surface area contributed by atoms with E-state index in [1.807, 2.05) is 30.3 Å². The van der Waals surface area contributed by atoms with Gasteiger partial charge in [-0.25, -0.2) is 0 Å². The number of benzene rings is 1. The summed E-state index contributed by atoms with van der Waals surface area (Å²) in [6.45, 7) is 0.152. The van der Waals surface area contributed by atoms with Gasteiger partial charge in [0.15, 0.2) is 5.76 Å². The molecular weight excluding hydrogens is 294 g/mol. The number of hydrogen-bond donors (Lipinski definition) is 1. The van der Waals surface area contributed by atoms with Crippen molar-refractivity contribution in [3.63, 3.8) is 0 Å². The molecule has 3 nitrogen and oxygen atoms in total. The van der Waals surface area contributed by atoms with Gasteiger partial charge >= 0.3 is 0 Å². The zero-order valence-electron chi connectivity index (χ0n) is 9.90. The Morgan fingerprint density at radius 1 is 1.28 bits per heavy atom. The van der Waals surface area contributed by atoms with Crippen LogP contribution in [-0.4, -0.2) is 16.9 Å². The summed E-state index contributed by atoms with van der Waals surface area (Å²) in [6.07, 6.45) is 3.15. The monoisotopic (exact) mass is 307 g/mol. The third kappa shape index (κ3) is 1.89. The third-order valence-corrected chi connectivity index (χ3v) is 4.32. The first-order valence-electron chi connectivity index (χ1n) is 6.07. The van der Waals surface area contributed by atoms with Gasteiger partial charge < -0.3 is 9.63 Å². The van der Waals surface area contributed by atoms with Crippen LogP contribution in [0.4, 0.5) is 0 Å². The van der Waals surface area contributed by atoms with Crippen LogP contribution in [0.2, 0.25) is 0 Å². The minimum atomic E-state index is -0.156. The van der Waals surface area contributed by atoms with Crippen molar-refractivity contribution in [2.75, 3.05) is 6.61 Å². The Hall–Kier alpha value is -1.13. The van der Waals surface area contributed by atoms with Gasteiger partial charge in [-0.2, -0.15) is 0 Å². The van der Waals surface area contributed by atoms with Gasteiger partial charge in [0.2, 0.25) is 0 Å². The maximum absolute atomic E-state index is 9.52. The zero-order valence-corrected chi connectivity index (χ0v) is 11.5. The molecule has 0 amide bonds. The van der Waals surface area contributed by atoms with Crippen LogP contribution in [0.25, 0.3) is 11.3 Å². The Morgan fingerprint density at radius 2 is 2.00 bits per heavy atom. The van der Waals surface area contributed by atoms with E-state index in [0.717, 1.165) is 40.8 Å². The summed E-state index contributed by atoms with van der Waals surface area (Å²) in [7, 11) is 0. The molecule has 1 aromatic carbocycles. The van der Waals surface area contributed by atoms with Crippen LogP contribution in [0.1, 0.15) is 25.0 Å². The normalized spacial score (nSPS) is 17.4. The van der Waals surface area contributed by atoms with E-state index < -0.39 is 0 Å². The lowest BCUT2D eigenvalue weighted by molar-refractivity contribution is 0.113. The average Bonchev–Trinajstić information content (AvgIpc) is 2.79. The highest BCUT2D eigenvalue weighted by Gasteiger charge is 2.40. The molecule has 0 aliphatic heterocycles. The SMILES string of the molecule is OCC1(c2cc(-c3ccc(Br)cc3)on2)CCC1. The summed E-state index contributed by atoms with van der Waals surface area (Å²) in [6, 6.07) is 9.88. The molecule has 3 rings (SSSR count). The molecule has 1 N–H and O–H groups in total. The van der Waals surface area contributed by atoms with Crippen LogP contribution in [0.3, 0.4) is 0 Å². The molecule has 4 heteroatoms. The number of aromatic nitrogens is 1. The van der Waals surface area contributed by atoms with Crippen LogP contribution in [0, 0.1) is 0 Å². The summed E-state index contributed by atoms with van der Waals surface area (Å²) in [5, 5.41) is 13.7. The first-order chi connectivity index (χ1) is 8.73. The molecule has 1 aliphatic rings. The minimum Gasteiger partial charge on any atom is -0.395 e. The molecule has 0 saturated heterocycles. The molecular formula is C14H14BrNO2. The van der Waals surface area contributed by atoms with Gasteiger partial charge in [-0.3, -0.25) is 0 Å². The van der Waals surface area contributed by atoms with E-state index in [9.17, 15) is 5.11 Å². The van der Waals surface area contributed by atoms with E-state index in [1.165, 1.54) is 0 Å². The number of aliphatic hydroxyl groups excluding tert-OH is 1. The first-order valence-corrected chi connectivity index (χ1v) is 6.87. The Morgan fingerprint density at radius 3 is 2.56 bits per heavy atom. The van der Waals surface area contributed by atoms with Crippen molar-refractivity contribution in [1.82, 2.24) is 5.16 Å². The summed E-state index contributed by atoms with van der Waals surface area (Å²) < 4.78 is 6.44. The molecule has 1 fully saturated rings. The highest BCUT2D eigenvalue weighted by Crippen LogP contribution is 2.43. The van der Waals surface area contributed by atoms with Crippen molar-refractivity contribution in [3.05, 3.63) is 40.5 Å². The highest BCUT2D eigenvalue weighted by molar-refractivity contribution is 9.10. The minimum absolute atomic E-state index is 0.152. The predicted octanol–water partition coefficient (Wildman–Crippen LogP) is 3.52. The standard InChI is InChI=1S/C14H14BrNO2/c15-11-4-2-10(3-5-11)12-8-13(16-18-12)14(9-17)6-1-7-14/h2-5,8,17H,1,6-7,9H2. The molecule has 0 unspecified atom stereocenters. The van der Waals surface area contributed by atoms with Gasteiger partial charge in [-0.05, 0) is 25.0 Å². The Kier molecular flexibility index (Phi) is 2.99. The predicted molar refractivity (Wildman–Crippen MR) is 72.3 cm³/mol. The van der Waals surface area contributed by atoms with Gasteiger partial charge in [-0.15, -0.1) is 0 Å². The summed E-state index contributed by atoms with van der Waals surface area (Å²) in [5.41, 5.74) is 1.73. The number of aliphatic hydroxyl groups is 1. The van der Waals surface area contributed by atoms with Crippen molar-refractivity contribution in [2.45, 2.75) is 24.7 Å². The lowest BCUT2D eigenvalue weighted by Crippen LogP contribution is -2.38. The van der Waals surface area contributed by atoms with E-state index in [0.29, 0.717) is 0 Å². The van der Waals surface area contributed by atoms with Gasteiger partial charge in [0, 0.05) is 21.5 Å². The van der Waals surface area contributed by atoms with E-state index in [2.05, 4.69) is 21.1 Å². The fourth-order valence-electron chi connectivity index (χ4n) is 2.37. The maximum atomic E-state index is 9.52. The summed E-state index contributed by atoms with van der Waals surface area (Å²) in [4.78, 5) is 0. The summed E-state index contributed by atoms with van der Waals surface area (Å²) >= 11 is 3.41. The van der Waals surface area contributed by atoms with Gasteiger partial charge in [0.05, 0.1) is 12.3 Å². The van der Waals surface area contributed by atoms with Crippen molar-refractivity contribution in [1.29, 1.82) is 0 Å². The molecule has 1 saturated carbocycles. The average molecular weight is 308 g/mol. The van der Waals surface area contributed by atoms with E-state index >= 15 is 0 Å². The van der Waals surface area contributed by atoms with Crippen LogP contribution >= 0.6 is 15.9 Å². The molecule has 1 aliphatic carbocycles. The smallest absolute Gasteiger partial charge is 0.167 e. The Bertz CT molecular complexity index is 538. The number of nitrogens with zero attached hydrogens (tertiary/aromatic N) is 1. The van der Waals surface area contributed by atoms with E-state index in [-0.39, 0.29) is 12.0 Å². The number of hydrogen-bond acceptors (Lipinski definition) is 3. The van der Waals surface area contributed by atoms with Gasteiger partial charge in [0.1, 0.15) is 0 Å². The van der Waals surface area contributed by atoms with Crippen LogP contribution < -0.4 is 0 Å². The molecule has 18 heavy (non-hydrogen) atoms. The van der Waals surface area contributed by atoms with Crippen molar-refractivity contribution in [2.24, 2.45) is 0 Å². The van der Waals surface area contributed by atoms with Gasteiger partial charge in [-0.1, -0.05) is 39.6 Å². The van der Waals surface area contributed by atoms with E-state index in [1.54, 1.807) is 0 Å². The van der Waals surface area contributed by atoms with Crippen molar-refractivity contribution in [3.8, 4) is 11.3 Å². The van der Waals surface area contributed by atoms with Crippen molar-refractivity contribution < 1.29 is 9.63 Å². The van der Waals surface area contributed by atoms with Gasteiger partial charge in [0.25, 0.3) is 0 Å². The molecule has 1 heterocycles. The van der Waals surface area contributed by atoms with E-state index in [4.69, 9.17) is 4.52 Å². The van der Waals surface area contributed by atoms with Crippen LogP contribution in [0.5, 0.6) is 0 Å². The zero-order chi connectivity index (χ0) is 12.6. The molecule has 0 bridgehead atoms. The second kappa shape index (κ2) is 4.52. The van der Waals surface area contributed by atoms with Crippen molar-refractivity contribution >= 4 is 15.9 Å². The summed E-state index contributed by atoms with van der Waals surface area (Å²) in [5.74, 6) is 0.761. The highest BCUT2D eigenvalue weighted by atomic mass is 79.9. The first kappa shape index (κ1) is 11.9. The Balaban J connectivity index is 1.91. The molecule has 0 spiro atoms. The van der Waals surface area contributed by atoms with Crippen LogP contribution in [0.15, 0.2) is 39.3 Å². The molecule has 0 atom stereocenters. The molecule has 2 aromatic rings. The second-order valence-corrected chi connectivity index (χ2v) is 5.79. The fourth-order valence-corrected chi connectivity index (χ4v) is 2.64. The lowest BCUT2D eigenvalue weighted by atomic mass is 9.67. The largest absolute Gasteiger partial charge is 0.395 e. The van der Waals surface area contributed by atoms with Crippen LogP contribution in [-0.2, 0) is 5.41 Å². The molecule has 0 radical (unpaired) electrons. The quantitative estimate of drug-likeness (QED) is 0.943. The lowest BCUT2D eigenvalue weighted by Gasteiger charge is -2.38. The number of halogens is 1. The second-order valence-electron chi connectivity index (χ2n) is 4.88. The Labute approximate surface area is 114 Å². The number of rotatable bonds is 3. The maximum Gasteiger partial charge on any atom is 0.167 e. The third-order valence-electron chi connectivity index (χ3n) is 3.80. The molecule has 1 aromatic heterocycles. The topological polar surface area (TPSA) is 46.3 Å². The molecule has 94 valence electrons. The fraction of sp³-hybridized carbons (Fsp3) is 0.357.